The molecule has 1 heterocycles. The molecule has 3 rings (SSSR count). The van der Waals surface area contributed by atoms with E-state index in [1.807, 2.05) is 30.3 Å². The van der Waals surface area contributed by atoms with Crippen molar-refractivity contribution in [1.82, 2.24) is 0 Å². The molecule has 1 atom stereocenters. The minimum absolute atomic E-state index is 0.470. The van der Waals surface area contributed by atoms with Crippen LogP contribution in [0.3, 0.4) is 0 Å². The molecule has 2 aromatic rings. The van der Waals surface area contributed by atoms with E-state index in [1.54, 1.807) is 24.3 Å². The molecule has 0 aromatic heterocycles. The lowest BCUT2D eigenvalue weighted by molar-refractivity contribution is -0.0246. The van der Waals surface area contributed by atoms with Gasteiger partial charge in [0.2, 0.25) is 0 Å². The van der Waals surface area contributed by atoms with Crippen molar-refractivity contribution < 1.29 is 13.9 Å². The van der Waals surface area contributed by atoms with E-state index in [2.05, 4.69) is 0 Å². The first-order valence-corrected chi connectivity index (χ1v) is 6.09. The molecule has 0 N–H and O–H groups in total. The SMILES string of the molecule is FC(c1ccccc1)c1cccc(C2OC=CO2)c1. The van der Waals surface area contributed by atoms with Gasteiger partial charge in [0.25, 0.3) is 6.29 Å². The summed E-state index contributed by atoms with van der Waals surface area (Å²) in [6, 6.07) is 16.3. The molecule has 0 spiro atoms. The summed E-state index contributed by atoms with van der Waals surface area (Å²) in [5.41, 5.74) is 2.05. The highest BCUT2D eigenvalue weighted by atomic mass is 19.1. The van der Waals surface area contributed by atoms with Crippen LogP contribution in [0.25, 0.3) is 0 Å². The predicted octanol–water partition coefficient (Wildman–Crippen LogP) is 4.26. The molecule has 0 aliphatic carbocycles. The highest BCUT2D eigenvalue weighted by molar-refractivity contribution is 5.33. The highest BCUT2D eigenvalue weighted by Crippen LogP contribution is 2.30. The number of rotatable bonds is 3. The molecule has 0 saturated heterocycles. The number of alkyl halides is 1. The Morgan fingerprint density at radius 2 is 1.53 bits per heavy atom. The molecule has 1 aliphatic heterocycles. The van der Waals surface area contributed by atoms with Crippen LogP contribution in [0, 0.1) is 0 Å². The fourth-order valence-electron chi connectivity index (χ4n) is 2.07. The monoisotopic (exact) mass is 256 g/mol. The van der Waals surface area contributed by atoms with Crippen molar-refractivity contribution in [2.75, 3.05) is 0 Å². The van der Waals surface area contributed by atoms with Crippen LogP contribution in [0.15, 0.2) is 67.1 Å². The summed E-state index contributed by atoms with van der Waals surface area (Å²) in [7, 11) is 0. The first kappa shape index (κ1) is 11.8. The Morgan fingerprint density at radius 3 is 2.26 bits per heavy atom. The van der Waals surface area contributed by atoms with Gasteiger partial charge in [0.05, 0.1) is 0 Å². The van der Waals surface area contributed by atoms with Gasteiger partial charge in [-0.1, -0.05) is 48.5 Å². The predicted molar refractivity (Wildman–Crippen MR) is 69.9 cm³/mol. The van der Waals surface area contributed by atoms with Gasteiger partial charge < -0.3 is 9.47 Å². The molecular weight excluding hydrogens is 243 g/mol. The maximum absolute atomic E-state index is 14.4. The first-order valence-electron chi connectivity index (χ1n) is 6.09. The fourth-order valence-corrected chi connectivity index (χ4v) is 2.07. The lowest BCUT2D eigenvalue weighted by Crippen LogP contribution is -2.00. The van der Waals surface area contributed by atoms with Gasteiger partial charge in [-0.25, -0.2) is 4.39 Å². The van der Waals surface area contributed by atoms with Gasteiger partial charge in [-0.3, -0.25) is 0 Å². The van der Waals surface area contributed by atoms with Crippen LogP contribution in [0.4, 0.5) is 4.39 Å². The summed E-state index contributed by atoms with van der Waals surface area (Å²) >= 11 is 0. The van der Waals surface area contributed by atoms with Crippen molar-refractivity contribution in [3.63, 3.8) is 0 Å². The summed E-state index contributed by atoms with van der Waals surface area (Å²) in [5.74, 6) is 0. The maximum Gasteiger partial charge on any atom is 0.266 e. The second-order valence-corrected chi connectivity index (χ2v) is 4.32. The van der Waals surface area contributed by atoms with Crippen LogP contribution in [0.2, 0.25) is 0 Å². The highest BCUT2D eigenvalue weighted by Gasteiger charge is 2.18. The molecule has 3 heteroatoms. The van der Waals surface area contributed by atoms with Crippen LogP contribution in [0.5, 0.6) is 0 Å². The number of hydrogen-bond donors (Lipinski definition) is 0. The van der Waals surface area contributed by atoms with E-state index in [0.29, 0.717) is 11.1 Å². The van der Waals surface area contributed by atoms with E-state index >= 15 is 0 Å². The van der Waals surface area contributed by atoms with Crippen LogP contribution < -0.4 is 0 Å². The zero-order valence-electron chi connectivity index (χ0n) is 10.2. The zero-order chi connectivity index (χ0) is 13.1. The molecule has 0 saturated carbocycles. The topological polar surface area (TPSA) is 18.5 Å². The second kappa shape index (κ2) is 5.14. The van der Waals surface area contributed by atoms with Gasteiger partial charge in [-0.05, 0) is 17.2 Å². The fraction of sp³-hybridized carbons (Fsp3) is 0.125. The molecule has 1 aliphatic rings. The van der Waals surface area contributed by atoms with Gasteiger partial charge in [0.15, 0.2) is 6.17 Å². The number of benzene rings is 2. The van der Waals surface area contributed by atoms with Crippen molar-refractivity contribution in [2.45, 2.75) is 12.5 Å². The van der Waals surface area contributed by atoms with Gasteiger partial charge in [-0.15, -0.1) is 0 Å². The minimum Gasteiger partial charge on any atom is -0.455 e. The summed E-state index contributed by atoms with van der Waals surface area (Å²) in [5, 5.41) is 0. The lowest BCUT2D eigenvalue weighted by Gasteiger charge is -2.14. The zero-order valence-corrected chi connectivity index (χ0v) is 10.2. The Bertz CT molecular complexity index is 572. The van der Waals surface area contributed by atoms with Crippen LogP contribution in [0.1, 0.15) is 29.2 Å². The molecule has 96 valence electrons. The quantitative estimate of drug-likeness (QED) is 0.816. The molecule has 0 bridgehead atoms. The Kier molecular flexibility index (Phi) is 3.19. The third-order valence-electron chi connectivity index (χ3n) is 3.03. The van der Waals surface area contributed by atoms with Crippen molar-refractivity contribution in [3.05, 3.63) is 83.8 Å². The van der Waals surface area contributed by atoms with E-state index in [-0.39, 0.29) is 0 Å². The van der Waals surface area contributed by atoms with Crippen molar-refractivity contribution in [3.8, 4) is 0 Å². The molecule has 0 radical (unpaired) electrons. The van der Waals surface area contributed by atoms with E-state index in [1.165, 1.54) is 12.5 Å². The van der Waals surface area contributed by atoms with E-state index in [4.69, 9.17) is 9.47 Å². The van der Waals surface area contributed by atoms with Crippen LogP contribution >= 0.6 is 0 Å². The summed E-state index contributed by atoms with van der Waals surface area (Å²) in [6.07, 6.45) is 1.36. The van der Waals surface area contributed by atoms with Crippen LogP contribution in [-0.4, -0.2) is 0 Å². The Balaban J connectivity index is 1.87. The Labute approximate surface area is 111 Å². The second-order valence-electron chi connectivity index (χ2n) is 4.32. The molecule has 1 unspecified atom stereocenters. The summed E-state index contributed by atoms with van der Waals surface area (Å²) in [6.45, 7) is 0. The molecule has 2 aromatic carbocycles. The molecule has 2 nitrogen and oxygen atoms in total. The average molecular weight is 256 g/mol. The minimum atomic E-state index is -1.14. The van der Waals surface area contributed by atoms with Crippen molar-refractivity contribution >= 4 is 0 Å². The standard InChI is InChI=1S/C16H13FO2/c17-15(12-5-2-1-3-6-12)13-7-4-8-14(11-13)16-18-9-10-19-16/h1-11,15-16H. The number of hydrogen-bond acceptors (Lipinski definition) is 2. The lowest BCUT2D eigenvalue weighted by atomic mass is 10.0. The Morgan fingerprint density at radius 1 is 0.842 bits per heavy atom. The van der Waals surface area contributed by atoms with Gasteiger partial charge in [0, 0.05) is 5.56 Å². The number of halogens is 1. The molecular formula is C16H13FO2. The van der Waals surface area contributed by atoms with Crippen molar-refractivity contribution in [2.24, 2.45) is 0 Å². The van der Waals surface area contributed by atoms with E-state index in [9.17, 15) is 4.39 Å². The van der Waals surface area contributed by atoms with Crippen LogP contribution in [-0.2, 0) is 9.47 Å². The summed E-state index contributed by atoms with van der Waals surface area (Å²) in [4.78, 5) is 0. The molecule has 0 amide bonds. The van der Waals surface area contributed by atoms with Gasteiger partial charge in [0.1, 0.15) is 12.5 Å². The van der Waals surface area contributed by atoms with Gasteiger partial charge >= 0.3 is 0 Å². The molecule has 0 fully saturated rings. The average Bonchev–Trinajstić information content (AvgIpc) is 3.02. The van der Waals surface area contributed by atoms with Gasteiger partial charge in [-0.2, -0.15) is 0 Å². The van der Waals surface area contributed by atoms with E-state index in [0.717, 1.165) is 5.56 Å². The third kappa shape index (κ3) is 2.45. The van der Waals surface area contributed by atoms with E-state index < -0.39 is 12.5 Å². The maximum atomic E-state index is 14.4. The third-order valence-corrected chi connectivity index (χ3v) is 3.03. The molecule has 19 heavy (non-hydrogen) atoms. The first-order chi connectivity index (χ1) is 9.34. The smallest absolute Gasteiger partial charge is 0.266 e. The number of ether oxygens (including phenoxy) is 2. The summed E-state index contributed by atoms with van der Waals surface area (Å²) < 4.78 is 24.9. The normalized spacial score (nSPS) is 15.8. The Hall–Kier alpha value is -2.29. The van der Waals surface area contributed by atoms with Crippen molar-refractivity contribution in [1.29, 1.82) is 0 Å². The largest absolute Gasteiger partial charge is 0.455 e.